The minimum Gasteiger partial charge on any atom is -0.502 e. The molecule has 1 N–H and O–H groups in total. The van der Waals surface area contributed by atoms with Crippen molar-refractivity contribution in [2.24, 2.45) is 5.92 Å². The third-order valence-electron chi connectivity index (χ3n) is 4.14. The Hall–Kier alpha value is -2.97. The minimum atomic E-state index is -0.682. The largest absolute Gasteiger partial charge is 0.502 e. The first kappa shape index (κ1) is 15.9. The van der Waals surface area contributed by atoms with Gasteiger partial charge in [0.05, 0.1) is 11.1 Å². The number of aromatic hydroxyl groups is 1. The van der Waals surface area contributed by atoms with Crippen LogP contribution in [0.2, 0.25) is 0 Å². The number of nitro groups is 1. The van der Waals surface area contributed by atoms with Crippen LogP contribution < -0.4 is 0 Å². The number of hydrogen-bond donors (Lipinski definition) is 1. The third-order valence-corrected chi connectivity index (χ3v) is 4.14. The molecule has 126 valence electrons. The summed E-state index contributed by atoms with van der Waals surface area (Å²) in [6.07, 6.45) is 5.28. The van der Waals surface area contributed by atoms with Crippen LogP contribution in [0.15, 0.2) is 30.6 Å². The zero-order chi connectivity index (χ0) is 17.1. The molecule has 1 atom stereocenters. The fourth-order valence-corrected chi connectivity index (χ4v) is 2.99. The van der Waals surface area contributed by atoms with E-state index in [9.17, 15) is 20.0 Å². The number of rotatable bonds is 4. The molecule has 1 aliphatic heterocycles. The monoisotopic (exact) mass is 331 g/mol. The van der Waals surface area contributed by atoms with Crippen LogP contribution in [0.4, 0.5) is 5.69 Å². The fourth-order valence-electron chi connectivity index (χ4n) is 2.99. The fraction of sp³-hybridized carbons (Fsp3) is 0.400. The maximum atomic E-state index is 12.6. The van der Waals surface area contributed by atoms with Gasteiger partial charge in [-0.15, -0.1) is 5.10 Å². The van der Waals surface area contributed by atoms with E-state index >= 15 is 0 Å². The van der Waals surface area contributed by atoms with Crippen LogP contribution in [0, 0.1) is 16.0 Å². The van der Waals surface area contributed by atoms with E-state index in [1.807, 2.05) is 0 Å². The van der Waals surface area contributed by atoms with Crippen molar-refractivity contribution in [3.8, 4) is 5.75 Å². The quantitative estimate of drug-likeness (QED) is 0.670. The molecule has 2 aromatic rings. The van der Waals surface area contributed by atoms with E-state index in [1.54, 1.807) is 22.0 Å². The molecule has 1 amide bonds. The number of nitrogens with zero attached hydrogens (tertiary/aromatic N) is 5. The molecule has 9 nitrogen and oxygen atoms in total. The summed E-state index contributed by atoms with van der Waals surface area (Å²) < 4.78 is 1.75. The average molecular weight is 331 g/mol. The zero-order valence-electron chi connectivity index (χ0n) is 12.9. The second-order valence-corrected chi connectivity index (χ2v) is 5.85. The molecule has 0 aliphatic carbocycles. The Morgan fingerprint density at radius 2 is 2.29 bits per heavy atom. The summed E-state index contributed by atoms with van der Waals surface area (Å²) in [7, 11) is 0. The number of phenolic OH excluding ortho intramolecular Hbond substituents is 1. The van der Waals surface area contributed by atoms with Gasteiger partial charge in [-0.25, -0.2) is 0 Å². The summed E-state index contributed by atoms with van der Waals surface area (Å²) in [4.78, 5) is 24.4. The topological polar surface area (TPSA) is 114 Å². The molecule has 1 aromatic heterocycles. The molecule has 1 aromatic carbocycles. The van der Waals surface area contributed by atoms with Gasteiger partial charge in [0.15, 0.2) is 5.75 Å². The molecule has 2 heterocycles. The molecule has 3 rings (SSSR count). The minimum absolute atomic E-state index is 0.233. The lowest BCUT2D eigenvalue weighted by Gasteiger charge is -2.32. The van der Waals surface area contributed by atoms with Crippen LogP contribution in [0.5, 0.6) is 5.75 Å². The molecule has 9 heteroatoms. The SMILES string of the molecule is O=C(c1ccc([N+](=O)[O-])c(O)c1)N1CCCC(Cn2ccnn2)C1. The van der Waals surface area contributed by atoms with Crippen LogP contribution in [-0.4, -0.2) is 48.9 Å². The molecule has 1 saturated heterocycles. The van der Waals surface area contributed by atoms with Crippen molar-refractivity contribution in [1.29, 1.82) is 0 Å². The second-order valence-electron chi connectivity index (χ2n) is 5.85. The van der Waals surface area contributed by atoms with Crippen molar-refractivity contribution in [2.45, 2.75) is 19.4 Å². The third kappa shape index (κ3) is 3.34. The Kier molecular flexibility index (Phi) is 4.41. The van der Waals surface area contributed by atoms with E-state index < -0.39 is 16.4 Å². The zero-order valence-corrected chi connectivity index (χ0v) is 12.9. The normalized spacial score (nSPS) is 17.7. The average Bonchev–Trinajstić information content (AvgIpc) is 3.07. The molecule has 24 heavy (non-hydrogen) atoms. The number of likely N-dealkylation sites (tertiary alicyclic amines) is 1. The van der Waals surface area contributed by atoms with Gasteiger partial charge in [-0.3, -0.25) is 19.6 Å². The van der Waals surface area contributed by atoms with Gasteiger partial charge < -0.3 is 10.0 Å². The van der Waals surface area contributed by atoms with Crippen LogP contribution in [0.1, 0.15) is 23.2 Å². The predicted molar refractivity (Wildman–Crippen MR) is 83.4 cm³/mol. The summed E-state index contributed by atoms with van der Waals surface area (Å²) in [6, 6.07) is 3.68. The number of carbonyl (C=O) groups excluding carboxylic acids is 1. The number of benzene rings is 1. The van der Waals surface area contributed by atoms with Gasteiger partial charge in [0.25, 0.3) is 5.91 Å². The Balaban J connectivity index is 1.70. The molecule has 0 spiro atoms. The van der Waals surface area contributed by atoms with Gasteiger partial charge in [0.1, 0.15) is 0 Å². The van der Waals surface area contributed by atoms with Gasteiger partial charge in [-0.1, -0.05) is 5.21 Å². The van der Waals surface area contributed by atoms with Crippen LogP contribution >= 0.6 is 0 Å². The summed E-state index contributed by atoms with van der Waals surface area (Å²) >= 11 is 0. The molecular weight excluding hydrogens is 314 g/mol. The number of carbonyl (C=O) groups is 1. The molecule has 0 saturated carbocycles. The number of aromatic nitrogens is 3. The summed E-state index contributed by atoms with van der Waals surface area (Å²) in [5.41, 5.74) is -0.159. The first-order valence-electron chi connectivity index (χ1n) is 7.65. The van der Waals surface area contributed by atoms with Crippen LogP contribution in [-0.2, 0) is 6.54 Å². The Morgan fingerprint density at radius 3 is 2.96 bits per heavy atom. The van der Waals surface area contributed by atoms with E-state index in [-0.39, 0.29) is 17.4 Å². The van der Waals surface area contributed by atoms with E-state index in [0.717, 1.165) is 25.0 Å². The lowest BCUT2D eigenvalue weighted by atomic mass is 9.97. The molecule has 1 fully saturated rings. The van der Waals surface area contributed by atoms with Crippen LogP contribution in [0.25, 0.3) is 0 Å². The first-order valence-corrected chi connectivity index (χ1v) is 7.65. The van der Waals surface area contributed by atoms with E-state index in [0.29, 0.717) is 19.6 Å². The van der Waals surface area contributed by atoms with Crippen molar-refractivity contribution >= 4 is 11.6 Å². The summed E-state index contributed by atoms with van der Waals surface area (Å²) in [6.45, 7) is 1.90. The van der Waals surface area contributed by atoms with Crippen molar-refractivity contribution in [3.63, 3.8) is 0 Å². The highest BCUT2D eigenvalue weighted by Gasteiger charge is 2.26. The molecule has 1 unspecified atom stereocenters. The van der Waals surface area contributed by atoms with Crippen molar-refractivity contribution < 1.29 is 14.8 Å². The van der Waals surface area contributed by atoms with Crippen molar-refractivity contribution in [2.75, 3.05) is 13.1 Å². The van der Waals surface area contributed by atoms with Gasteiger partial charge in [-0.05, 0) is 30.9 Å². The van der Waals surface area contributed by atoms with Gasteiger partial charge >= 0.3 is 5.69 Å². The van der Waals surface area contributed by atoms with E-state index in [4.69, 9.17) is 0 Å². The summed E-state index contributed by atoms with van der Waals surface area (Å²) in [5, 5.41) is 28.2. The Morgan fingerprint density at radius 1 is 1.46 bits per heavy atom. The molecule has 1 aliphatic rings. The van der Waals surface area contributed by atoms with Crippen LogP contribution in [0.3, 0.4) is 0 Å². The lowest BCUT2D eigenvalue weighted by molar-refractivity contribution is -0.385. The second kappa shape index (κ2) is 6.65. The highest BCUT2D eigenvalue weighted by atomic mass is 16.6. The molecule has 0 radical (unpaired) electrons. The maximum absolute atomic E-state index is 12.6. The maximum Gasteiger partial charge on any atom is 0.310 e. The number of piperidine rings is 1. The van der Waals surface area contributed by atoms with Crippen molar-refractivity contribution in [1.82, 2.24) is 19.9 Å². The molecular formula is C15H17N5O4. The first-order chi connectivity index (χ1) is 11.5. The van der Waals surface area contributed by atoms with Gasteiger partial charge in [0, 0.05) is 37.5 Å². The Labute approximate surface area is 137 Å². The Bertz CT molecular complexity index is 746. The molecule has 0 bridgehead atoms. The lowest BCUT2D eigenvalue weighted by Crippen LogP contribution is -2.41. The standard InChI is InChI=1S/C15H17N5O4/c21-14-8-12(3-4-13(14)20(23)24)15(22)18-6-1-2-11(9-18)10-19-7-5-16-17-19/h3-5,7-8,11,21H,1-2,6,9-10H2. The van der Waals surface area contributed by atoms with Crippen molar-refractivity contribution in [3.05, 3.63) is 46.3 Å². The smallest absolute Gasteiger partial charge is 0.310 e. The van der Waals surface area contributed by atoms with E-state index in [2.05, 4.69) is 10.3 Å². The van der Waals surface area contributed by atoms with Gasteiger partial charge in [0.2, 0.25) is 0 Å². The highest BCUT2D eigenvalue weighted by molar-refractivity contribution is 5.95. The number of hydrogen-bond acceptors (Lipinski definition) is 6. The number of phenols is 1. The summed E-state index contributed by atoms with van der Waals surface area (Å²) in [5.74, 6) is -0.457. The van der Waals surface area contributed by atoms with Gasteiger partial charge in [-0.2, -0.15) is 0 Å². The van der Waals surface area contributed by atoms with E-state index in [1.165, 1.54) is 6.07 Å². The number of nitro benzene ring substituents is 1. The predicted octanol–water partition coefficient (Wildman–Crippen LogP) is 1.44. The number of amides is 1. The highest BCUT2D eigenvalue weighted by Crippen LogP contribution is 2.27.